The summed E-state index contributed by atoms with van der Waals surface area (Å²) < 4.78 is 2.39. The molecule has 0 amide bonds. The summed E-state index contributed by atoms with van der Waals surface area (Å²) in [5.74, 6) is 1.08. The van der Waals surface area contributed by atoms with E-state index < -0.39 is 0 Å². The highest BCUT2D eigenvalue weighted by molar-refractivity contribution is 5.84. The van der Waals surface area contributed by atoms with Crippen molar-refractivity contribution in [2.75, 3.05) is 6.61 Å². The Bertz CT molecular complexity index is 539. The van der Waals surface area contributed by atoms with Crippen LogP contribution in [0.25, 0.3) is 10.9 Å². The van der Waals surface area contributed by atoms with Gasteiger partial charge in [0.2, 0.25) is 0 Å². The van der Waals surface area contributed by atoms with Gasteiger partial charge in [0.1, 0.15) is 0 Å². The van der Waals surface area contributed by atoms with Crippen LogP contribution in [-0.2, 0) is 6.54 Å². The molecule has 0 aliphatic heterocycles. The van der Waals surface area contributed by atoms with Gasteiger partial charge in [0, 0.05) is 36.2 Å². The van der Waals surface area contributed by atoms with E-state index in [1.165, 1.54) is 35.7 Å². The van der Waals surface area contributed by atoms with Crippen LogP contribution < -0.4 is 0 Å². The molecule has 1 atom stereocenters. The lowest BCUT2D eigenvalue weighted by Crippen LogP contribution is -2.17. The molecule has 0 spiro atoms. The molecule has 1 unspecified atom stereocenters. The molecule has 1 fully saturated rings. The van der Waals surface area contributed by atoms with Gasteiger partial charge in [-0.3, -0.25) is 0 Å². The molecule has 1 N–H and O–H groups in total. The Morgan fingerprint density at radius 2 is 2.11 bits per heavy atom. The number of hydrogen-bond donors (Lipinski definition) is 1. The van der Waals surface area contributed by atoms with Crippen molar-refractivity contribution in [2.24, 2.45) is 5.92 Å². The molecule has 3 rings (SSSR count). The fourth-order valence-corrected chi connectivity index (χ4v) is 2.87. The van der Waals surface area contributed by atoms with Crippen molar-refractivity contribution in [1.82, 2.24) is 4.57 Å². The Morgan fingerprint density at radius 1 is 1.33 bits per heavy atom. The molecule has 1 aromatic heterocycles. The fraction of sp³-hybridized carbons (Fsp3) is 0.500. The predicted molar refractivity (Wildman–Crippen MR) is 74.8 cm³/mol. The van der Waals surface area contributed by atoms with Gasteiger partial charge in [-0.25, -0.2) is 0 Å². The second-order valence-electron chi connectivity index (χ2n) is 5.63. The molecule has 1 heterocycles. The molecule has 2 heteroatoms. The minimum atomic E-state index is 0.220. The minimum Gasteiger partial charge on any atom is -0.396 e. The molecular weight excluding hydrogens is 222 g/mol. The topological polar surface area (TPSA) is 25.2 Å². The minimum absolute atomic E-state index is 0.220. The van der Waals surface area contributed by atoms with E-state index in [9.17, 15) is 5.11 Å². The van der Waals surface area contributed by atoms with E-state index in [4.69, 9.17) is 0 Å². The Kier molecular flexibility index (Phi) is 3.13. The van der Waals surface area contributed by atoms with E-state index in [2.05, 4.69) is 42.0 Å². The first-order valence-electron chi connectivity index (χ1n) is 6.98. The van der Waals surface area contributed by atoms with Crippen molar-refractivity contribution < 1.29 is 5.11 Å². The second-order valence-corrected chi connectivity index (χ2v) is 5.63. The van der Waals surface area contributed by atoms with Crippen LogP contribution in [0.5, 0.6) is 0 Å². The van der Waals surface area contributed by atoms with Gasteiger partial charge in [0.05, 0.1) is 0 Å². The highest BCUT2D eigenvalue weighted by Gasteiger charge is 2.20. The number of aliphatic hydroxyl groups is 1. The van der Waals surface area contributed by atoms with Crippen LogP contribution in [0.3, 0.4) is 0 Å². The van der Waals surface area contributed by atoms with Gasteiger partial charge in [-0.1, -0.05) is 31.5 Å². The largest absolute Gasteiger partial charge is 0.396 e. The third kappa shape index (κ3) is 1.95. The number of benzene rings is 1. The maximum atomic E-state index is 9.39. The SMILES string of the molecule is CC(CO)c1cn(CC2CCC2)c2ccccc12. The van der Waals surface area contributed by atoms with E-state index in [1.807, 2.05) is 0 Å². The van der Waals surface area contributed by atoms with E-state index in [-0.39, 0.29) is 12.5 Å². The predicted octanol–water partition coefficient (Wildman–Crippen LogP) is 3.54. The molecule has 1 aromatic carbocycles. The zero-order chi connectivity index (χ0) is 12.5. The average molecular weight is 243 g/mol. The summed E-state index contributed by atoms with van der Waals surface area (Å²) in [6.45, 7) is 3.45. The monoisotopic (exact) mass is 243 g/mol. The van der Waals surface area contributed by atoms with Gasteiger partial charge >= 0.3 is 0 Å². The third-order valence-corrected chi connectivity index (χ3v) is 4.30. The number of fused-ring (bicyclic) bond motifs is 1. The summed E-state index contributed by atoms with van der Waals surface area (Å²) >= 11 is 0. The number of aliphatic hydroxyl groups excluding tert-OH is 1. The first-order valence-corrected chi connectivity index (χ1v) is 6.98. The smallest absolute Gasteiger partial charge is 0.0497 e. The van der Waals surface area contributed by atoms with Crippen LogP contribution in [0, 0.1) is 5.92 Å². The first kappa shape index (κ1) is 11.8. The number of hydrogen-bond acceptors (Lipinski definition) is 1. The zero-order valence-corrected chi connectivity index (χ0v) is 11.0. The highest BCUT2D eigenvalue weighted by atomic mass is 16.3. The van der Waals surface area contributed by atoms with Crippen LogP contribution in [0.15, 0.2) is 30.5 Å². The van der Waals surface area contributed by atoms with Crippen LogP contribution in [0.2, 0.25) is 0 Å². The molecule has 1 aliphatic carbocycles. The summed E-state index contributed by atoms with van der Waals surface area (Å²) in [6.07, 6.45) is 6.39. The van der Waals surface area contributed by atoms with Crippen LogP contribution in [0.1, 0.15) is 37.7 Å². The Hall–Kier alpha value is -1.28. The maximum absolute atomic E-state index is 9.39. The van der Waals surface area contributed by atoms with Gasteiger partial charge in [0.25, 0.3) is 0 Å². The highest BCUT2D eigenvalue weighted by Crippen LogP contribution is 2.32. The van der Waals surface area contributed by atoms with Crippen molar-refractivity contribution >= 4 is 10.9 Å². The Morgan fingerprint density at radius 3 is 2.78 bits per heavy atom. The average Bonchev–Trinajstić information content (AvgIpc) is 2.72. The van der Waals surface area contributed by atoms with Crippen molar-refractivity contribution in [2.45, 2.75) is 38.6 Å². The number of nitrogens with zero attached hydrogens (tertiary/aromatic N) is 1. The van der Waals surface area contributed by atoms with Gasteiger partial charge in [-0.2, -0.15) is 0 Å². The maximum Gasteiger partial charge on any atom is 0.0497 e. The molecule has 1 aliphatic rings. The summed E-state index contributed by atoms with van der Waals surface area (Å²) in [4.78, 5) is 0. The van der Waals surface area contributed by atoms with Gasteiger partial charge < -0.3 is 9.67 Å². The van der Waals surface area contributed by atoms with Gasteiger partial charge in [0.15, 0.2) is 0 Å². The molecule has 0 saturated heterocycles. The molecule has 2 aromatic rings. The number of para-hydroxylation sites is 1. The molecule has 18 heavy (non-hydrogen) atoms. The quantitative estimate of drug-likeness (QED) is 0.873. The summed E-state index contributed by atoms with van der Waals surface area (Å²) in [7, 11) is 0. The van der Waals surface area contributed by atoms with Crippen LogP contribution in [0.4, 0.5) is 0 Å². The van der Waals surface area contributed by atoms with E-state index in [0.29, 0.717) is 0 Å². The van der Waals surface area contributed by atoms with E-state index >= 15 is 0 Å². The van der Waals surface area contributed by atoms with Crippen LogP contribution in [-0.4, -0.2) is 16.3 Å². The summed E-state index contributed by atoms with van der Waals surface area (Å²) in [5.41, 5.74) is 2.60. The molecule has 2 nitrogen and oxygen atoms in total. The van der Waals surface area contributed by atoms with Crippen molar-refractivity contribution in [3.05, 3.63) is 36.0 Å². The summed E-state index contributed by atoms with van der Waals surface area (Å²) in [6, 6.07) is 8.56. The standard InChI is InChI=1S/C16H21NO/c1-12(11-18)15-10-17(9-13-5-4-6-13)16-8-3-2-7-14(15)16/h2-3,7-8,10,12-13,18H,4-6,9,11H2,1H3. The van der Waals surface area contributed by atoms with Crippen molar-refractivity contribution in [3.63, 3.8) is 0 Å². The summed E-state index contributed by atoms with van der Waals surface area (Å²) in [5, 5.41) is 10.7. The third-order valence-electron chi connectivity index (χ3n) is 4.30. The van der Waals surface area contributed by atoms with Crippen LogP contribution >= 0.6 is 0 Å². The second kappa shape index (κ2) is 4.77. The molecule has 0 radical (unpaired) electrons. The first-order chi connectivity index (χ1) is 8.79. The van der Waals surface area contributed by atoms with Gasteiger partial charge in [-0.15, -0.1) is 0 Å². The van der Waals surface area contributed by atoms with Gasteiger partial charge in [-0.05, 0) is 30.4 Å². The number of rotatable bonds is 4. The zero-order valence-electron chi connectivity index (χ0n) is 11.0. The fourth-order valence-electron chi connectivity index (χ4n) is 2.87. The lowest BCUT2D eigenvalue weighted by molar-refractivity contribution is 0.271. The van der Waals surface area contributed by atoms with E-state index in [0.717, 1.165) is 12.5 Å². The molecule has 0 bridgehead atoms. The lowest BCUT2D eigenvalue weighted by Gasteiger charge is -2.26. The normalized spacial score (nSPS) is 17.9. The number of aromatic nitrogens is 1. The molecule has 1 saturated carbocycles. The van der Waals surface area contributed by atoms with Crippen molar-refractivity contribution in [1.29, 1.82) is 0 Å². The van der Waals surface area contributed by atoms with Crippen molar-refractivity contribution in [3.8, 4) is 0 Å². The Balaban J connectivity index is 2.02. The lowest BCUT2D eigenvalue weighted by atomic mass is 9.85. The Labute approximate surface area is 108 Å². The van der Waals surface area contributed by atoms with E-state index in [1.54, 1.807) is 0 Å². The molecular formula is C16H21NO. The molecule has 96 valence electrons.